The number of benzene rings is 1. The Morgan fingerprint density at radius 3 is 3.13 bits per heavy atom. The van der Waals surface area contributed by atoms with E-state index in [4.69, 9.17) is 11.6 Å². The predicted octanol–water partition coefficient (Wildman–Crippen LogP) is 2.74. The third kappa shape index (κ3) is 2.21. The van der Waals surface area contributed by atoms with Gasteiger partial charge in [-0.1, -0.05) is 0 Å². The smallest absolute Gasteiger partial charge is 0.201 e. The minimum atomic E-state index is -0.275. The minimum Gasteiger partial charge on any atom is -0.352 e. The average molecular weight is 228 g/mol. The third-order valence-electron chi connectivity index (χ3n) is 2.06. The van der Waals surface area contributed by atoms with Gasteiger partial charge in [-0.25, -0.2) is 9.37 Å². The van der Waals surface area contributed by atoms with Crippen LogP contribution in [0.1, 0.15) is 6.92 Å². The van der Waals surface area contributed by atoms with E-state index in [1.54, 1.807) is 6.07 Å². The lowest BCUT2D eigenvalue weighted by molar-refractivity contribution is 0.629. The molecule has 2 rings (SSSR count). The molecular formula is C10H11ClFN3. The molecule has 0 fully saturated rings. The first-order valence-corrected chi connectivity index (χ1v) is 5.20. The summed E-state index contributed by atoms with van der Waals surface area (Å²) < 4.78 is 12.9. The van der Waals surface area contributed by atoms with Crippen molar-refractivity contribution in [1.29, 1.82) is 0 Å². The fourth-order valence-corrected chi connectivity index (χ4v) is 1.40. The number of imidazole rings is 1. The van der Waals surface area contributed by atoms with Crippen molar-refractivity contribution in [3.8, 4) is 0 Å². The van der Waals surface area contributed by atoms with Gasteiger partial charge in [-0.2, -0.15) is 0 Å². The van der Waals surface area contributed by atoms with Crippen molar-refractivity contribution in [2.45, 2.75) is 13.0 Å². The van der Waals surface area contributed by atoms with Gasteiger partial charge in [0.15, 0.2) is 0 Å². The summed E-state index contributed by atoms with van der Waals surface area (Å²) in [4.78, 5) is 7.23. The summed E-state index contributed by atoms with van der Waals surface area (Å²) >= 11 is 5.66. The summed E-state index contributed by atoms with van der Waals surface area (Å²) in [6.45, 7) is 1.95. The summed E-state index contributed by atoms with van der Waals surface area (Å²) in [6, 6.07) is 4.56. The van der Waals surface area contributed by atoms with E-state index < -0.39 is 0 Å². The van der Waals surface area contributed by atoms with Crippen molar-refractivity contribution in [3.63, 3.8) is 0 Å². The number of anilines is 1. The van der Waals surface area contributed by atoms with Gasteiger partial charge in [-0.3, -0.25) is 0 Å². The van der Waals surface area contributed by atoms with Gasteiger partial charge in [0.05, 0.1) is 11.0 Å². The van der Waals surface area contributed by atoms with Gasteiger partial charge in [0.2, 0.25) is 5.95 Å². The van der Waals surface area contributed by atoms with Crippen LogP contribution in [0.3, 0.4) is 0 Å². The lowest BCUT2D eigenvalue weighted by atomic mass is 10.3. The molecule has 1 unspecified atom stereocenters. The molecule has 2 N–H and O–H groups in total. The van der Waals surface area contributed by atoms with Crippen LogP contribution in [0.15, 0.2) is 18.2 Å². The number of nitrogens with one attached hydrogen (secondary N) is 2. The highest BCUT2D eigenvalue weighted by Gasteiger charge is 2.05. The Morgan fingerprint density at radius 1 is 1.60 bits per heavy atom. The van der Waals surface area contributed by atoms with Crippen molar-refractivity contribution in [2.75, 3.05) is 11.2 Å². The van der Waals surface area contributed by atoms with E-state index in [2.05, 4.69) is 15.3 Å². The molecule has 0 radical (unpaired) electrons. The maximum absolute atomic E-state index is 12.9. The molecule has 0 amide bonds. The van der Waals surface area contributed by atoms with E-state index in [0.29, 0.717) is 17.3 Å². The van der Waals surface area contributed by atoms with Crippen LogP contribution in [0.5, 0.6) is 0 Å². The van der Waals surface area contributed by atoms with Crippen LogP contribution in [0.25, 0.3) is 11.0 Å². The molecule has 0 spiro atoms. The van der Waals surface area contributed by atoms with Gasteiger partial charge in [0.1, 0.15) is 5.82 Å². The van der Waals surface area contributed by atoms with Gasteiger partial charge in [-0.05, 0) is 25.1 Å². The Morgan fingerprint density at radius 2 is 2.40 bits per heavy atom. The van der Waals surface area contributed by atoms with Gasteiger partial charge < -0.3 is 10.3 Å². The predicted molar refractivity (Wildman–Crippen MR) is 59.9 cm³/mol. The highest BCUT2D eigenvalue weighted by Crippen LogP contribution is 2.15. The van der Waals surface area contributed by atoms with Gasteiger partial charge in [0, 0.05) is 11.9 Å². The number of aromatic amines is 1. The Balaban J connectivity index is 2.30. The second-order valence-corrected chi connectivity index (χ2v) is 3.76. The summed E-state index contributed by atoms with van der Waals surface area (Å²) in [6.07, 6.45) is 0. The molecule has 15 heavy (non-hydrogen) atoms. The van der Waals surface area contributed by atoms with E-state index in [-0.39, 0.29) is 11.9 Å². The zero-order valence-corrected chi connectivity index (χ0v) is 8.98. The fourth-order valence-electron chi connectivity index (χ4n) is 1.32. The number of hydrogen-bond acceptors (Lipinski definition) is 2. The van der Waals surface area contributed by atoms with Crippen molar-refractivity contribution < 1.29 is 4.39 Å². The first-order valence-electron chi connectivity index (χ1n) is 4.67. The summed E-state index contributed by atoms with van der Waals surface area (Å²) in [5.41, 5.74) is 1.42. The Bertz CT molecular complexity index is 469. The minimum absolute atomic E-state index is 0.122. The molecule has 0 saturated carbocycles. The number of aromatic nitrogens is 2. The molecule has 0 aliphatic carbocycles. The molecule has 1 atom stereocenters. The topological polar surface area (TPSA) is 40.7 Å². The maximum Gasteiger partial charge on any atom is 0.201 e. The van der Waals surface area contributed by atoms with Gasteiger partial charge >= 0.3 is 0 Å². The molecule has 1 heterocycles. The molecule has 3 nitrogen and oxygen atoms in total. The van der Waals surface area contributed by atoms with Crippen LogP contribution in [0, 0.1) is 5.82 Å². The largest absolute Gasteiger partial charge is 0.352 e. The SMILES string of the molecule is CC(CCl)Nc1nc2ccc(F)cc2[nH]1. The van der Waals surface area contributed by atoms with Crippen molar-refractivity contribution in [1.82, 2.24) is 9.97 Å². The number of rotatable bonds is 3. The van der Waals surface area contributed by atoms with E-state index in [0.717, 1.165) is 5.52 Å². The third-order valence-corrected chi connectivity index (χ3v) is 2.52. The number of H-pyrrole nitrogens is 1. The van der Waals surface area contributed by atoms with E-state index in [1.807, 2.05) is 6.92 Å². The normalized spacial score (nSPS) is 13.0. The summed E-state index contributed by atoms with van der Waals surface area (Å²) in [5, 5.41) is 3.08. The van der Waals surface area contributed by atoms with Crippen LogP contribution in [-0.4, -0.2) is 21.9 Å². The monoisotopic (exact) mass is 227 g/mol. The number of nitrogens with zero attached hydrogens (tertiary/aromatic N) is 1. The molecule has 1 aromatic heterocycles. The fraction of sp³-hybridized carbons (Fsp3) is 0.300. The quantitative estimate of drug-likeness (QED) is 0.792. The van der Waals surface area contributed by atoms with E-state index >= 15 is 0 Å². The number of alkyl halides is 1. The molecular weight excluding hydrogens is 217 g/mol. The molecule has 80 valence electrons. The van der Waals surface area contributed by atoms with Crippen molar-refractivity contribution in [3.05, 3.63) is 24.0 Å². The van der Waals surface area contributed by atoms with E-state index in [9.17, 15) is 4.39 Å². The van der Waals surface area contributed by atoms with Crippen LogP contribution in [-0.2, 0) is 0 Å². The Hall–Kier alpha value is -1.29. The van der Waals surface area contributed by atoms with Crippen LogP contribution in [0.2, 0.25) is 0 Å². The van der Waals surface area contributed by atoms with Crippen LogP contribution in [0.4, 0.5) is 10.3 Å². The highest BCUT2D eigenvalue weighted by atomic mass is 35.5. The first kappa shape index (κ1) is 10.2. The number of halogens is 2. The lowest BCUT2D eigenvalue weighted by Gasteiger charge is -2.07. The molecule has 1 aromatic carbocycles. The van der Waals surface area contributed by atoms with Crippen molar-refractivity contribution in [2.24, 2.45) is 0 Å². The van der Waals surface area contributed by atoms with E-state index in [1.165, 1.54) is 12.1 Å². The number of hydrogen-bond donors (Lipinski definition) is 2. The first-order chi connectivity index (χ1) is 7.19. The lowest BCUT2D eigenvalue weighted by Crippen LogP contribution is -2.17. The Labute approximate surface area is 91.7 Å². The maximum atomic E-state index is 12.9. The van der Waals surface area contributed by atoms with Gasteiger partial charge in [-0.15, -0.1) is 11.6 Å². The Kier molecular flexibility index (Phi) is 2.77. The molecule has 0 saturated heterocycles. The zero-order chi connectivity index (χ0) is 10.8. The molecule has 5 heteroatoms. The molecule has 2 aromatic rings. The second-order valence-electron chi connectivity index (χ2n) is 3.45. The van der Waals surface area contributed by atoms with Crippen LogP contribution < -0.4 is 5.32 Å². The highest BCUT2D eigenvalue weighted by molar-refractivity contribution is 6.18. The summed E-state index contributed by atoms with van der Waals surface area (Å²) in [5.74, 6) is 0.831. The number of fused-ring (bicyclic) bond motifs is 1. The van der Waals surface area contributed by atoms with Crippen molar-refractivity contribution >= 4 is 28.6 Å². The molecule has 0 aliphatic rings. The van der Waals surface area contributed by atoms with Crippen LogP contribution >= 0.6 is 11.6 Å². The summed E-state index contributed by atoms with van der Waals surface area (Å²) in [7, 11) is 0. The zero-order valence-electron chi connectivity index (χ0n) is 8.22. The second kappa shape index (κ2) is 4.06. The van der Waals surface area contributed by atoms with Gasteiger partial charge in [0.25, 0.3) is 0 Å². The average Bonchev–Trinajstić information content (AvgIpc) is 2.59. The molecule has 0 aliphatic heterocycles. The molecule has 0 bridgehead atoms. The standard InChI is InChI=1S/C10H11ClFN3/c1-6(5-11)13-10-14-8-3-2-7(12)4-9(8)15-10/h2-4,6H,5H2,1H3,(H2,13,14,15).